The highest BCUT2D eigenvalue weighted by Gasteiger charge is 2.17. The summed E-state index contributed by atoms with van der Waals surface area (Å²) in [4.78, 5) is 36.9. The van der Waals surface area contributed by atoms with E-state index in [4.69, 9.17) is 0 Å². The number of methoxy groups -OCH3 is 1. The molecule has 30 heavy (non-hydrogen) atoms. The van der Waals surface area contributed by atoms with Crippen LogP contribution in [0.1, 0.15) is 17.3 Å². The summed E-state index contributed by atoms with van der Waals surface area (Å²) in [5.41, 5.74) is 1.37. The van der Waals surface area contributed by atoms with E-state index in [0.717, 1.165) is 6.26 Å². The number of ether oxygens (including phenoxy) is 1. The van der Waals surface area contributed by atoms with Crippen molar-refractivity contribution in [3.63, 3.8) is 0 Å². The van der Waals surface area contributed by atoms with Gasteiger partial charge in [-0.2, -0.15) is 0 Å². The van der Waals surface area contributed by atoms with Gasteiger partial charge in [-0.3, -0.25) is 19.2 Å². The fraction of sp³-hybridized carbons (Fsp3) is 0.211. The lowest BCUT2D eigenvalue weighted by Gasteiger charge is -2.16. The molecule has 0 unspecified atom stereocenters. The zero-order chi connectivity index (χ0) is 22.5. The third-order valence-electron chi connectivity index (χ3n) is 3.84. The van der Waals surface area contributed by atoms with E-state index in [1.165, 1.54) is 44.2 Å². The van der Waals surface area contributed by atoms with Crippen LogP contribution in [0.2, 0.25) is 0 Å². The predicted octanol–water partition coefficient (Wildman–Crippen LogP) is 2.47. The van der Waals surface area contributed by atoms with Gasteiger partial charge < -0.3 is 15.4 Å². The maximum atomic E-state index is 12.8. The molecule has 0 bridgehead atoms. The molecule has 0 atom stereocenters. The largest absolute Gasteiger partial charge is 0.452 e. The van der Waals surface area contributed by atoms with E-state index in [2.05, 4.69) is 20.1 Å². The van der Waals surface area contributed by atoms with E-state index >= 15 is 0 Å². The number of nitrogens with zero attached hydrogens (tertiary/aromatic N) is 1. The number of rotatable bonds is 6. The molecule has 0 aliphatic heterocycles. The van der Waals surface area contributed by atoms with Gasteiger partial charge in [-0.15, -0.1) is 0 Å². The predicted molar refractivity (Wildman–Crippen MR) is 114 cm³/mol. The molecule has 0 heterocycles. The number of carbonyl (C=O) groups excluding carboxylic acids is 3. The highest BCUT2D eigenvalue weighted by Crippen LogP contribution is 2.24. The van der Waals surface area contributed by atoms with Crippen molar-refractivity contribution in [3.8, 4) is 0 Å². The lowest BCUT2D eigenvalue weighted by Crippen LogP contribution is -2.25. The molecule has 2 aromatic carbocycles. The van der Waals surface area contributed by atoms with E-state index in [0.29, 0.717) is 17.1 Å². The smallest absolute Gasteiger partial charge is 0.413 e. The zero-order valence-corrected chi connectivity index (χ0v) is 17.7. The Morgan fingerprint density at radius 1 is 0.967 bits per heavy atom. The van der Waals surface area contributed by atoms with Crippen LogP contribution in [0.5, 0.6) is 0 Å². The SMILES string of the molecule is COC(=O)N(C)c1ccc(NC(=O)c2cc(NC(C)=O)ccc2NS(C)(=O)=O)cc1. The van der Waals surface area contributed by atoms with Crippen molar-refractivity contribution >= 4 is 50.7 Å². The van der Waals surface area contributed by atoms with Crippen LogP contribution in [0, 0.1) is 0 Å². The Kier molecular flexibility index (Phi) is 7.01. The molecule has 0 aliphatic rings. The molecule has 0 aliphatic carbocycles. The summed E-state index contributed by atoms with van der Waals surface area (Å²) in [6.07, 6.45) is 0.422. The molecule has 0 spiro atoms. The Balaban J connectivity index is 2.29. The summed E-state index contributed by atoms with van der Waals surface area (Å²) < 4.78 is 30.2. The standard InChI is InChI=1S/C19H22N4O6S/c1-12(24)20-14-7-10-17(22-30(4,27)28)16(11-14)18(25)21-13-5-8-15(9-6-13)23(2)19(26)29-3/h5-11,22H,1-4H3,(H,20,24)(H,21,25). The van der Waals surface area contributed by atoms with Crippen LogP contribution < -0.4 is 20.3 Å². The van der Waals surface area contributed by atoms with E-state index in [9.17, 15) is 22.8 Å². The molecule has 2 rings (SSSR count). The first-order valence-corrected chi connectivity index (χ1v) is 10.5. The van der Waals surface area contributed by atoms with Crippen LogP contribution in [0.4, 0.5) is 27.5 Å². The molecule has 0 fully saturated rings. The molecule has 0 saturated carbocycles. The molecule has 0 aromatic heterocycles. The summed E-state index contributed by atoms with van der Waals surface area (Å²) in [5, 5.41) is 5.20. The van der Waals surface area contributed by atoms with Gasteiger partial charge in [-0.25, -0.2) is 13.2 Å². The number of anilines is 4. The molecule has 0 saturated heterocycles. The lowest BCUT2D eigenvalue weighted by atomic mass is 10.1. The van der Waals surface area contributed by atoms with Crippen molar-refractivity contribution in [2.45, 2.75) is 6.92 Å². The second kappa shape index (κ2) is 9.27. The van der Waals surface area contributed by atoms with Crippen LogP contribution >= 0.6 is 0 Å². The molecule has 11 heteroatoms. The van der Waals surface area contributed by atoms with Crippen molar-refractivity contribution in [1.29, 1.82) is 0 Å². The number of sulfonamides is 1. The average Bonchev–Trinajstić information content (AvgIpc) is 2.67. The van der Waals surface area contributed by atoms with Gasteiger partial charge >= 0.3 is 6.09 Å². The van der Waals surface area contributed by atoms with Gasteiger partial charge in [0, 0.05) is 31.0 Å². The Bertz CT molecular complexity index is 1070. The molecule has 3 amide bonds. The summed E-state index contributed by atoms with van der Waals surface area (Å²) >= 11 is 0. The summed E-state index contributed by atoms with van der Waals surface area (Å²) in [7, 11) is -0.828. The van der Waals surface area contributed by atoms with Crippen LogP contribution in [-0.4, -0.2) is 46.7 Å². The minimum atomic E-state index is -3.63. The van der Waals surface area contributed by atoms with Gasteiger partial charge in [0.2, 0.25) is 15.9 Å². The number of nitrogens with one attached hydrogen (secondary N) is 3. The van der Waals surface area contributed by atoms with Gasteiger partial charge in [-0.1, -0.05) is 0 Å². The van der Waals surface area contributed by atoms with Crippen molar-refractivity contribution in [2.75, 3.05) is 40.7 Å². The quantitative estimate of drug-likeness (QED) is 0.639. The monoisotopic (exact) mass is 434 g/mol. The van der Waals surface area contributed by atoms with E-state index in [1.54, 1.807) is 24.3 Å². The summed E-state index contributed by atoms with van der Waals surface area (Å²) in [6, 6.07) is 10.6. The maximum absolute atomic E-state index is 12.8. The fourth-order valence-electron chi connectivity index (χ4n) is 2.51. The van der Waals surface area contributed by atoms with Crippen molar-refractivity contribution in [2.24, 2.45) is 0 Å². The van der Waals surface area contributed by atoms with Gasteiger partial charge in [0.15, 0.2) is 0 Å². The molecular formula is C19H22N4O6S. The number of hydrogen-bond donors (Lipinski definition) is 3. The maximum Gasteiger partial charge on any atom is 0.413 e. The van der Waals surface area contributed by atoms with Crippen molar-refractivity contribution < 1.29 is 27.5 Å². The molecule has 10 nitrogen and oxygen atoms in total. The molecular weight excluding hydrogens is 412 g/mol. The number of benzene rings is 2. The fourth-order valence-corrected chi connectivity index (χ4v) is 3.09. The summed E-state index contributed by atoms with van der Waals surface area (Å²) in [6.45, 7) is 1.31. The third-order valence-corrected chi connectivity index (χ3v) is 4.43. The normalized spacial score (nSPS) is 10.7. The van der Waals surface area contributed by atoms with Crippen LogP contribution in [-0.2, 0) is 19.6 Å². The Morgan fingerprint density at radius 3 is 2.10 bits per heavy atom. The van der Waals surface area contributed by atoms with E-state index in [1.807, 2.05) is 0 Å². The average molecular weight is 434 g/mol. The minimum Gasteiger partial charge on any atom is -0.452 e. The van der Waals surface area contributed by atoms with Crippen LogP contribution in [0.15, 0.2) is 42.5 Å². The second-order valence-corrected chi connectivity index (χ2v) is 8.09. The molecule has 0 radical (unpaired) electrons. The molecule has 3 N–H and O–H groups in total. The van der Waals surface area contributed by atoms with Gasteiger partial charge in [0.25, 0.3) is 5.91 Å². The molecule has 2 aromatic rings. The van der Waals surface area contributed by atoms with Crippen LogP contribution in [0.25, 0.3) is 0 Å². The first-order chi connectivity index (χ1) is 14.0. The van der Waals surface area contributed by atoms with Crippen molar-refractivity contribution in [3.05, 3.63) is 48.0 Å². The number of carbonyl (C=O) groups is 3. The minimum absolute atomic E-state index is 0.0161. The highest BCUT2D eigenvalue weighted by atomic mass is 32.2. The Hall–Kier alpha value is -3.60. The van der Waals surface area contributed by atoms with Gasteiger partial charge in [0.1, 0.15) is 0 Å². The number of amides is 3. The first kappa shape index (κ1) is 22.7. The van der Waals surface area contributed by atoms with Gasteiger partial charge in [0.05, 0.1) is 24.6 Å². The third kappa shape index (κ3) is 6.21. The van der Waals surface area contributed by atoms with E-state index < -0.39 is 22.0 Å². The van der Waals surface area contributed by atoms with Crippen molar-refractivity contribution in [1.82, 2.24) is 0 Å². The number of hydrogen-bond acceptors (Lipinski definition) is 6. The molecule has 160 valence electrons. The first-order valence-electron chi connectivity index (χ1n) is 8.62. The Morgan fingerprint density at radius 2 is 1.57 bits per heavy atom. The lowest BCUT2D eigenvalue weighted by molar-refractivity contribution is -0.114. The second-order valence-electron chi connectivity index (χ2n) is 6.35. The summed E-state index contributed by atoms with van der Waals surface area (Å²) in [5.74, 6) is -0.932. The van der Waals surface area contributed by atoms with Gasteiger partial charge in [-0.05, 0) is 42.5 Å². The zero-order valence-electron chi connectivity index (χ0n) is 16.8. The Labute approximate surface area is 174 Å². The van der Waals surface area contributed by atoms with Crippen LogP contribution in [0.3, 0.4) is 0 Å². The highest BCUT2D eigenvalue weighted by molar-refractivity contribution is 7.92. The topological polar surface area (TPSA) is 134 Å². The van der Waals surface area contributed by atoms with E-state index in [-0.39, 0.29) is 17.2 Å².